The van der Waals surface area contributed by atoms with Crippen molar-refractivity contribution >= 4 is 29.0 Å². The van der Waals surface area contributed by atoms with Gasteiger partial charge in [-0.2, -0.15) is 0 Å². The summed E-state index contributed by atoms with van der Waals surface area (Å²) in [7, 11) is 0. The molecule has 0 saturated heterocycles. The van der Waals surface area contributed by atoms with Crippen molar-refractivity contribution in [3.8, 4) is 17.0 Å². The average Bonchev–Trinajstić information content (AvgIpc) is 3.32. The molecule has 1 heterocycles. The number of ether oxygens (including phenoxy) is 1. The van der Waals surface area contributed by atoms with Crippen molar-refractivity contribution < 1.29 is 22.7 Å². The van der Waals surface area contributed by atoms with E-state index >= 15 is 0 Å². The smallest absolute Gasteiger partial charge is 0.406 e. The number of nitrogens with one attached hydrogen (secondary N) is 2. The van der Waals surface area contributed by atoms with E-state index < -0.39 is 6.36 Å². The Balaban J connectivity index is 1.45. The minimum atomic E-state index is -4.75. The van der Waals surface area contributed by atoms with E-state index in [2.05, 4.69) is 15.4 Å². The van der Waals surface area contributed by atoms with E-state index in [1.54, 1.807) is 24.3 Å². The van der Waals surface area contributed by atoms with Crippen LogP contribution in [0.5, 0.6) is 5.75 Å². The lowest BCUT2D eigenvalue weighted by Gasteiger charge is -2.12. The number of amides is 2. The summed E-state index contributed by atoms with van der Waals surface area (Å²) in [5.41, 5.74) is 3.53. The van der Waals surface area contributed by atoms with Crippen molar-refractivity contribution in [3.05, 3.63) is 105 Å². The maximum atomic E-state index is 12.6. The fraction of sp³-hybridized carbons (Fsp3) is 0.214. The number of thiazole rings is 1. The maximum absolute atomic E-state index is 12.6. The molecule has 3 aromatic carbocycles. The molecule has 2 N–H and O–H groups in total. The molecule has 0 aliphatic heterocycles. The number of carbonyl (C=O) groups is 1. The monoisotopic (exact) mass is 574 g/mol. The normalized spacial score (nSPS) is 11.8. The zero-order valence-electron chi connectivity index (χ0n) is 20.7. The highest BCUT2D eigenvalue weighted by Crippen LogP contribution is 2.27. The maximum Gasteiger partial charge on any atom is 0.573 e. The quantitative estimate of drug-likeness (QED) is 0.206. The van der Waals surface area contributed by atoms with Crippen LogP contribution in [0, 0.1) is 0 Å². The number of urea groups is 1. The molecule has 0 unspecified atom stereocenters. The van der Waals surface area contributed by atoms with Gasteiger partial charge in [-0.25, -0.2) is 4.79 Å². The van der Waals surface area contributed by atoms with Crippen molar-refractivity contribution in [2.75, 3.05) is 6.54 Å². The van der Waals surface area contributed by atoms with Crippen LogP contribution in [0.1, 0.15) is 17.5 Å². The molecule has 11 heteroatoms. The Kier molecular flexibility index (Phi) is 9.67. The van der Waals surface area contributed by atoms with Gasteiger partial charge in [-0.1, -0.05) is 54.1 Å². The van der Waals surface area contributed by atoms with Gasteiger partial charge in [0.2, 0.25) is 0 Å². The summed E-state index contributed by atoms with van der Waals surface area (Å²) in [6.07, 6.45) is -4.14. The van der Waals surface area contributed by atoms with Gasteiger partial charge in [0.05, 0.1) is 12.2 Å². The number of nitrogens with zero attached hydrogens (tertiary/aromatic N) is 2. The molecule has 39 heavy (non-hydrogen) atoms. The number of halogens is 4. The van der Waals surface area contributed by atoms with Crippen molar-refractivity contribution in [1.82, 2.24) is 15.2 Å². The van der Waals surface area contributed by atoms with Crippen LogP contribution in [0.15, 0.2) is 89.2 Å². The van der Waals surface area contributed by atoms with E-state index in [9.17, 15) is 18.0 Å². The highest BCUT2D eigenvalue weighted by Gasteiger charge is 2.31. The Morgan fingerprint density at radius 1 is 0.949 bits per heavy atom. The van der Waals surface area contributed by atoms with E-state index in [0.29, 0.717) is 37.6 Å². The van der Waals surface area contributed by atoms with Gasteiger partial charge in [-0.15, -0.1) is 24.5 Å². The van der Waals surface area contributed by atoms with Gasteiger partial charge in [-0.05, 0) is 59.5 Å². The Labute approximate surface area is 232 Å². The third-order valence-electron chi connectivity index (χ3n) is 5.63. The number of hydrogen-bond acceptors (Lipinski definition) is 4. The number of benzene rings is 3. The van der Waals surface area contributed by atoms with Crippen molar-refractivity contribution in [3.63, 3.8) is 0 Å². The first-order chi connectivity index (χ1) is 18.8. The zero-order chi connectivity index (χ0) is 27.7. The van der Waals surface area contributed by atoms with Crippen molar-refractivity contribution in [1.29, 1.82) is 0 Å². The molecule has 0 fully saturated rings. The van der Waals surface area contributed by atoms with Gasteiger partial charge in [0.25, 0.3) is 0 Å². The van der Waals surface area contributed by atoms with Crippen LogP contribution in [0.4, 0.5) is 18.0 Å². The molecule has 0 bridgehead atoms. The predicted octanol–water partition coefficient (Wildman–Crippen LogP) is 6.76. The van der Waals surface area contributed by atoms with Gasteiger partial charge in [-0.3, -0.25) is 4.99 Å². The van der Waals surface area contributed by atoms with Crippen LogP contribution in [-0.2, 0) is 19.6 Å². The fourth-order valence-electron chi connectivity index (χ4n) is 3.76. The molecule has 0 atom stereocenters. The van der Waals surface area contributed by atoms with Crippen LogP contribution in [-0.4, -0.2) is 23.5 Å². The summed E-state index contributed by atoms with van der Waals surface area (Å²) < 4.78 is 43.7. The summed E-state index contributed by atoms with van der Waals surface area (Å²) >= 11 is 7.41. The molecule has 2 amide bonds. The lowest BCUT2D eigenvalue weighted by molar-refractivity contribution is -0.274. The molecular formula is C28H26ClF3N4O2S. The summed E-state index contributed by atoms with van der Waals surface area (Å²) in [6.45, 7) is 1.84. The highest BCUT2D eigenvalue weighted by molar-refractivity contribution is 7.07. The van der Waals surface area contributed by atoms with Crippen LogP contribution >= 0.6 is 22.9 Å². The minimum absolute atomic E-state index is 0.262. The van der Waals surface area contributed by atoms with Gasteiger partial charge in [0, 0.05) is 30.0 Å². The van der Waals surface area contributed by atoms with E-state index in [1.807, 2.05) is 52.4 Å². The predicted molar refractivity (Wildman–Crippen MR) is 146 cm³/mol. The van der Waals surface area contributed by atoms with E-state index in [1.165, 1.54) is 23.5 Å². The Morgan fingerprint density at radius 2 is 1.67 bits per heavy atom. The van der Waals surface area contributed by atoms with E-state index in [4.69, 9.17) is 16.6 Å². The molecule has 1 aromatic heterocycles. The van der Waals surface area contributed by atoms with Gasteiger partial charge < -0.3 is 19.9 Å². The second-order valence-electron chi connectivity index (χ2n) is 8.52. The standard InChI is InChI=1S/C28H26ClF3N4O2S/c29-23-11-7-21(8-12-23)18-35-27-36(16-4-15-33-26(37)34-17-20-5-2-1-3-6-20)25(19-39-27)22-9-13-24(14-10-22)38-28(30,31)32/h1-3,5-14,19H,4,15-18H2,(H2,33,34,37). The SMILES string of the molecule is O=C(NCCCn1c(-c2ccc(OC(F)(F)F)cc2)csc1=NCc1ccc(Cl)cc1)NCc1ccccc1. The minimum Gasteiger partial charge on any atom is -0.406 e. The fourth-order valence-corrected chi connectivity index (χ4v) is 4.82. The lowest BCUT2D eigenvalue weighted by atomic mass is 10.1. The number of alkyl halides is 3. The zero-order valence-corrected chi connectivity index (χ0v) is 22.3. The first kappa shape index (κ1) is 28.3. The van der Waals surface area contributed by atoms with Crippen LogP contribution in [0.25, 0.3) is 11.3 Å². The molecular weight excluding hydrogens is 549 g/mol. The van der Waals surface area contributed by atoms with Crippen LogP contribution in [0.2, 0.25) is 5.02 Å². The molecule has 0 aliphatic carbocycles. The molecule has 0 aliphatic rings. The highest BCUT2D eigenvalue weighted by atomic mass is 35.5. The van der Waals surface area contributed by atoms with E-state index in [0.717, 1.165) is 27.2 Å². The Hall–Kier alpha value is -3.76. The molecule has 0 spiro atoms. The van der Waals surface area contributed by atoms with Crippen LogP contribution in [0.3, 0.4) is 0 Å². The van der Waals surface area contributed by atoms with Gasteiger partial charge in [0.1, 0.15) is 5.75 Å². The third kappa shape index (κ3) is 8.90. The molecule has 0 radical (unpaired) electrons. The summed E-state index contributed by atoms with van der Waals surface area (Å²) in [4.78, 5) is 17.7. The largest absolute Gasteiger partial charge is 0.573 e. The Morgan fingerprint density at radius 3 is 2.36 bits per heavy atom. The molecule has 6 nitrogen and oxygen atoms in total. The molecule has 4 rings (SSSR count). The summed E-state index contributed by atoms with van der Waals surface area (Å²) in [6, 6.07) is 22.5. The average molecular weight is 575 g/mol. The van der Waals surface area contributed by atoms with Crippen LogP contribution < -0.4 is 20.2 Å². The van der Waals surface area contributed by atoms with Crippen molar-refractivity contribution in [2.45, 2.75) is 32.4 Å². The Bertz CT molecular complexity index is 1420. The second kappa shape index (κ2) is 13.3. The summed E-state index contributed by atoms with van der Waals surface area (Å²) in [5.74, 6) is -0.286. The molecule has 0 saturated carbocycles. The second-order valence-corrected chi connectivity index (χ2v) is 9.79. The molecule has 204 valence electrons. The first-order valence-electron chi connectivity index (χ1n) is 12.1. The van der Waals surface area contributed by atoms with Gasteiger partial charge >= 0.3 is 12.4 Å². The third-order valence-corrected chi connectivity index (χ3v) is 6.78. The number of hydrogen-bond donors (Lipinski definition) is 2. The number of rotatable bonds is 10. The number of aromatic nitrogens is 1. The first-order valence-corrected chi connectivity index (χ1v) is 13.4. The molecule has 4 aromatic rings. The lowest BCUT2D eigenvalue weighted by Crippen LogP contribution is -2.36. The van der Waals surface area contributed by atoms with Crippen molar-refractivity contribution in [2.24, 2.45) is 4.99 Å². The topological polar surface area (TPSA) is 67.7 Å². The summed E-state index contributed by atoms with van der Waals surface area (Å²) in [5, 5.41) is 8.25. The van der Waals surface area contributed by atoms with E-state index in [-0.39, 0.29) is 11.8 Å². The number of carbonyl (C=O) groups excluding carboxylic acids is 1. The van der Waals surface area contributed by atoms with Gasteiger partial charge in [0.15, 0.2) is 4.80 Å².